The van der Waals surface area contributed by atoms with Crippen molar-refractivity contribution in [3.63, 3.8) is 0 Å². The van der Waals surface area contributed by atoms with E-state index in [4.69, 9.17) is 14.6 Å². The maximum atomic E-state index is 11.4. The summed E-state index contributed by atoms with van der Waals surface area (Å²) in [7, 11) is 0. The number of benzene rings is 1. The number of aliphatic imine (C=N–C) groups is 1. The van der Waals surface area contributed by atoms with E-state index in [1.807, 2.05) is 0 Å². The van der Waals surface area contributed by atoms with Gasteiger partial charge in [-0.2, -0.15) is 0 Å². The van der Waals surface area contributed by atoms with Crippen LogP contribution in [0.4, 0.5) is 5.69 Å². The van der Waals surface area contributed by atoms with E-state index in [-0.39, 0.29) is 30.2 Å². The van der Waals surface area contributed by atoms with E-state index in [9.17, 15) is 9.59 Å². The smallest absolute Gasteiger partial charge is 0.337 e. The van der Waals surface area contributed by atoms with Crippen molar-refractivity contribution < 1.29 is 24.2 Å². The number of para-hydroxylation sites is 1. The van der Waals surface area contributed by atoms with E-state index in [1.54, 1.807) is 32.0 Å². The van der Waals surface area contributed by atoms with Gasteiger partial charge in [0.25, 0.3) is 0 Å². The lowest BCUT2D eigenvalue weighted by molar-refractivity contribution is -0.141. The average Bonchev–Trinajstić information content (AvgIpc) is 2.39. The van der Waals surface area contributed by atoms with Crippen LogP contribution in [-0.4, -0.2) is 36.2 Å². The van der Waals surface area contributed by atoms with Gasteiger partial charge in [0.1, 0.15) is 6.42 Å². The maximum Gasteiger partial charge on any atom is 0.337 e. The predicted molar refractivity (Wildman–Crippen MR) is 73.4 cm³/mol. The van der Waals surface area contributed by atoms with Gasteiger partial charge in [0, 0.05) is 0 Å². The first kappa shape index (κ1) is 15.7. The molecule has 0 aliphatic rings. The van der Waals surface area contributed by atoms with Gasteiger partial charge >= 0.3 is 11.9 Å². The van der Waals surface area contributed by atoms with Crippen molar-refractivity contribution >= 4 is 23.5 Å². The molecule has 0 radical (unpaired) electrons. The molecule has 6 nitrogen and oxygen atoms in total. The number of nitrogens with zero attached hydrogens (tertiary/aromatic N) is 1. The van der Waals surface area contributed by atoms with Gasteiger partial charge in [0.2, 0.25) is 0 Å². The second-order valence-corrected chi connectivity index (χ2v) is 3.74. The zero-order chi connectivity index (χ0) is 15.0. The Bertz CT molecular complexity index is 510. The molecule has 1 aromatic rings. The summed E-state index contributed by atoms with van der Waals surface area (Å²) in [5.74, 6) is -1.41. The third-order valence-corrected chi connectivity index (χ3v) is 2.29. The summed E-state index contributed by atoms with van der Waals surface area (Å²) >= 11 is 0. The topological polar surface area (TPSA) is 85.2 Å². The Kier molecular flexibility index (Phi) is 6.22. The van der Waals surface area contributed by atoms with E-state index < -0.39 is 11.9 Å². The molecular weight excluding hydrogens is 262 g/mol. The summed E-state index contributed by atoms with van der Waals surface area (Å²) in [6.07, 6.45) is -0.129. The molecule has 20 heavy (non-hydrogen) atoms. The Morgan fingerprint density at radius 3 is 2.40 bits per heavy atom. The first-order chi connectivity index (χ1) is 9.58. The number of carbonyl (C=O) groups excluding carboxylic acids is 1. The Balaban J connectivity index is 3.01. The molecule has 0 heterocycles. The number of hydrogen-bond acceptors (Lipinski definition) is 5. The maximum absolute atomic E-state index is 11.4. The standard InChI is InChI=1S/C14H17NO5/c1-3-19-12(9-13(16)20-4-2)15-11-8-6-5-7-10(11)14(17)18/h5-8H,3-4,9H2,1-2H3,(H,17,18). The third-order valence-electron chi connectivity index (χ3n) is 2.29. The van der Waals surface area contributed by atoms with E-state index in [1.165, 1.54) is 6.07 Å². The second kappa shape index (κ2) is 7.93. The fourth-order valence-electron chi connectivity index (χ4n) is 1.51. The largest absolute Gasteiger partial charge is 0.481 e. The molecule has 0 amide bonds. The van der Waals surface area contributed by atoms with Gasteiger partial charge in [-0.25, -0.2) is 9.79 Å². The Morgan fingerprint density at radius 2 is 1.80 bits per heavy atom. The number of rotatable bonds is 6. The van der Waals surface area contributed by atoms with Crippen LogP contribution < -0.4 is 0 Å². The second-order valence-electron chi connectivity index (χ2n) is 3.74. The zero-order valence-electron chi connectivity index (χ0n) is 11.5. The number of esters is 1. The number of carbonyl (C=O) groups is 2. The molecule has 0 saturated carbocycles. The summed E-state index contributed by atoms with van der Waals surface area (Å²) in [6, 6.07) is 6.26. The van der Waals surface area contributed by atoms with Crippen molar-refractivity contribution in [1.29, 1.82) is 0 Å². The first-order valence-electron chi connectivity index (χ1n) is 6.26. The molecule has 0 aliphatic carbocycles. The Morgan fingerprint density at radius 1 is 1.15 bits per heavy atom. The normalized spacial score (nSPS) is 11.0. The molecule has 0 saturated heterocycles. The number of carboxylic acids is 1. The first-order valence-corrected chi connectivity index (χ1v) is 6.26. The molecule has 6 heteroatoms. The van der Waals surface area contributed by atoms with Crippen molar-refractivity contribution in [3.05, 3.63) is 29.8 Å². The van der Waals surface area contributed by atoms with Crippen molar-refractivity contribution in [2.75, 3.05) is 13.2 Å². The van der Waals surface area contributed by atoms with Crippen LogP contribution in [0.25, 0.3) is 0 Å². The molecule has 1 rings (SSSR count). The highest BCUT2D eigenvalue weighted by molar-refractivity contribution is 5.98. The van der Waals surface area contributed by atoms with Crippen LogP contribution in [0.15, 0.2) is 29.3 Å². The number of ether oxygens (including phenoxy) is 2. The average molecular weight is 279 g/mol. The molecule has 0 unspecified atom stereocenters. The molecule has 0 spiro atoms. The molecule has 0 aliphatic heterocycles. The fraction of sp³-hybridized carbons (Fsp3) is 0.357. The Labute approximate surface area is 117 Å². The molecule has 108 valence electrons. The van der Waals surface area contributed by atoms with Gasteiger partial charge in [-0.15, -0.1) is 0 Å². The van der Waals surface area contributed by atoms with Crippen LogP contribution in [0.5, 0.6) is 0 Å². The summed E-state index contributed by atoms with van der Waals surface area (Å²) in [5, 5.41) is 9.07. The highest BCUT2D eigenvalue weighted by Crippen LogP contribution is 2.19. The van der Waals surface area contributed by atoms with Crippen LogP contribution in [0.3, 0.4) is 0 Å². The molecule has 0 atom stereocenters. The monoisotopic (exact) mass is 279 g/mol. The molecule has 1 aromatic carbocycles. The molecular formula is C14H17NO5. The lowest BCUT2D eigenvalue weighted by Crippen LogP contribution is -2.14. The van der Waals surface area contributed by atoms with Crippen LogP contribution in [0.1, 0.15) is 30.6 Å². The Hall–Kier alpha value is -2.37. The van der Waals surface area contributed by atoms with Crippen molar-refractivity contribution in [1.82, 2.24) is 0 Å². The number of carboxylic acid groups (broad SMARTS) is 1. The summed E-state index contributed by atoms with van der Waals surface area (Å²) in [6.45, 7) is 4.05. The van der Waals surface area contributed by atoms with Gasteiger partial charge in [-0.1, -0.05) is 12.1 Å². The third kappa shape index (κ3) is 4.72. The number of hydrogen-bond donors (Lipinski definition) is 1. The minimum absolute atomic E-state index is 0.0496. The summed E-state index contributed by atoms with van der Waals surface area (Å²) in [4.78, 5) is 26.6. The zero-order valence-corrected chi connectivity index (χ0v) is 11.5. The predicted octanol–water partition coefficient (Wildman–Crippen LogP) is 2.40. The van der Waals surface area contributed by atoms with Gasteiger partial charge in [0.05, 0.1) is 24.5 Å². The summed E-state index contributed by atoms with van der Waals surface area (Å²) in [5.41, 5.74) is 0.293. The summed E-state index contributed by atoms with van der Waals surface area (Å²) < 4.78 is 10.1. The highest BCUT2D eigenvalue weighted by atomic mass is 16.5. The lowest BCUT2D eigenvalue weighted by atomic mass is 10.2. The molecule has 0 aromatic heterocycles. The molecule has 1 N–H and O–H groups in total. The van der Waals surface area contributed by atoms with Crippen LogP contribution in [0, 0.1) is 0 Å². The van der Waals surface area contributed by atoms with E-state index in [0.717, 1.165) is 0 Å². The quantitative estimate of drug-likeness (QED) is 0.491. The van der Waals surface area contributed by atoms with Gasteiger partial charge < -0.3 is 14.6 Å². The lowest BCUT2D eigenvalue weighted by Gasteiger charge is -2.08. The highest BCUT2D eigenvalue weighted by Gasteiger charge is 2.13. The minimum Gasteiger partial charge on any atom is -0.481 e. The van der Waals surface area contributed by atoms with Crippen molar-refractivity contribution in [2.45, 2.75) is 20.3 Å². The van der Waals surface area contributed by atoms with E-state index >= 15 is 0 Å². The molecule has 0 fully saturated rings. The van der Waals surface area contributed by atoms with Crippen LogP contribution in [-0.2, 0) is 14.3 Å². The van der Waals surface area contributed by atoms with Gasteiger partial charge in [0.15, 0.2) is 5.90 Å². The van der Waals surface area contributed by atoms with Crippen LogP contribution in [0.2, 0.25) is 0 Å². The molecule has 0 bridgehead atoms. The minimum atomic E-state index is -1.09. The van der Waals surface area contributed by atoms with E-state index in [0.29, 0.717) is 6.61 Å². The SMILES string of the molecule is CCOC(=O)CC(=Nc1ccccc1C(=O)O)OCC. The van der Waals surface area contributed by atoms with Crippen molar-refractivity contribution in [2.24, 2.45) is 4.99 Å². The van der Waals surface area contributed by atoms with Gasteiger partial charge in [-0.3, -0.25) is 4.79 Å². The van der Waals surface area contributed by atoms with Crippen molar-refractivity contribution in [3.8, 4) is 0 Å². The van der Waals surface area contributed by atoms with Gasteiger partial charge in [-0.05, 0) is 26.0 Å². The number of aromatic carboxylic acids is 1. The fourth-order valence-corrected chi connectivity index (χ4v) is 1.51. The van der Waals surface area contributed by atoms with E-state index in [2.05, 4.69) is 4.99 Å². The van der Waals surface area contributed by atoms with Crippen LogP contribution >= 0.6 is 0 Å².